The Bertz CT molecular complexity index is 1580. The Kier molecular flexibility index (Phi) is 7.70. The van der Waals surface area contributed by atoms with E-state index in [1.165, 1.54) is 42.5 Å². The molecule has 41 heavy (non-hydrogen) atoms. The van der Waals surface area contributed by atoms with E-state index in [4.69, 9.17) is 5.73 Å². The molecule has 3 aromatic carbocycles. The second-order valence-electron chi connectivity index (χ2n) is 9.92. The van der Waals surface area contributed by atoms with E-state index in [1.54, 1.807) is 12.1 Å². The van der Waals surface area contributed by atoms with Crippen LogP contribution in [0.3, 0.4) is 0 Å². The summed E-state index contributed by atoms with van der Waals surface area (Å²) in [5.74, 6) is -1.59. The molecule has 1 fully saturated rings. The normalized spacial score (nSPS) is 14.2. The molecule has 214 valence electrons. The van der Waals surface area contributed by atoms with Gasteiger partial charge in [-0.25, -0.2) is 9.07 Å². The first kappa shape index (κ1) is 28.1. The fourth-order valence-electron chi connectivity index (χ4n) is 4.48. The number of rotatable bonds is 9. The molecule has 0 saturated heterocycles. The molecule has 6 N–H and O–H groups in total. The summed E-state index contributed by atoms with van der Waals surface area (Å²) in [6.45, 7) is 0.714. The SMILES string of the molecule is NCc1cccc(-n2nc(C(F)(F)F)cc2C(=O)Nc2cc(C(NCC3CC3)c3cc(O)ccc3O)ccc2F)c1. The number of phenolic OH excluding ortho intramolecular Hbond substituents is 2. The Morgan fingerprint density at radius 3 is 2.56 bits per heavy atom. The first-order valence-electron chi connectivity index (χ1n) is 12.9. The van der Waals surface area contributed by atoms with Gasteiger partial charge in [0.2, 0.25) is 0 Å². The van der Waals surface area contributed by atoms with Crippen LogP contribution < -0.4 is 16.4 Å². The molecule has 1 aliphatic carbocycles. The maximum absolute atomic E-state index is 15.0. The molecule has 8 nitrogen and oxygen atoms in total. The highest BCUT2D eigenvalue weighted by Crippen LogP contribution is 2.36. The Morgan fingerprint density at radius 1 is 1.07 bits per heavy atom. The van der Waals surface area contributed by atoms with Gasteiger partial charge >= 0.3 is 6.18 Å². The zero-order valence-electron chi connectivity index (χ0n) is 21.6. The molecule has 1 atom stereocenters. The highest BCUT2D eigenvalue weighted by molar-refractivity contribution is 6.03. The smallest absolute Gasteiger partial charge is 0.435 e. The Balaban J connectivity index is 1.50. The maximum Gasteiger partial charge on any atom is 0.435 e. The summed E-state index contributed by atoms with van der Waals surface area (Å²) >= 11 is 0. The molecule has 1 heterocycles. The topological polar surface area (TPSA) is 125 Å². The van der Waals surface area contributed by atoms with E-state index in [0.717, 1.165) is 23.6 Å². The lowest BCUT2D eigenvalue weighted by Gasteiger charge is -2.22. The maximum atomic E-state index is 15.0. The fourth-order valence-corrected chi connectivity index (χ4v) is 4.48. The van der Waals surface area contributed by atoms with Crippen LogP contribution in [0.4, 0.5) is 23.2 Å². The van der Waals surface area contributed by atoms with Crippen LogP contribution in [-0.4, -0.2) is 32.4 Å². The lowest BCUT2D eigenvalue weighted by Crippen LogP contribution is -2.25. The van der Waals surface area contributed by atoms with E-state index < -0.39 is 35.3 Å². The van der Waals surface area contributed by atoms with E-state index in [9.17, 15) is 32.6 Å². The molecular formula is C29H27F4N5O3. The van der Waals surface area contributed by atoms with E-state index in [-0.39, 0.29) is 29.4 Å². The van der Waals surface area contributed by atoms with Gasteiger partial charge in [0.15, 0.2) is 5.69 Å². The number of hydrogen-bond acceptors (Lipinski definition) is 6. The van der Waals surface area contributed by atoms with Crippen molar-refractivity contribution in [2.24, 2.45) is 11.7 Å². The van der Waals surface area contributed by atoms with Gasteiger partial charge in [0.25, 0.3) is 5.91 Å². The molecule has 1 unspecified atom stereocenters. The number of carbonyl (C=O) groups excluding carboxylic acids is 1. The minimum Gasteiger partial charge on any atom is -0.508 e. The van der Waals surface area contributed by atoms with E-state index in [0.29, 0.717) is 35.2 Å². The Hall–Kier alpha value is -4.42. The third kappa shape index (κ3) is 6.34. The van der Waals surface area contributed by atoms with E-state index >= 15 is 0 Å². The number of aromatic hydroxyl groups is 2. The number of nitrogens with two attached hydrogens (primary N) is 1. The van der Waals surface area contributed by atoms with Crippen LogP contribution >= 0.6 is 0 Å². The van der Waals surface area contributed by atoms with Crippen LogP contribution in [0, 0.1) is 11.7 Å². The van der Waals surface area contributed by atoms with Gasteiger partial charge < -0.3 is 26.6 Å². The van der Waals surface area contributed by atoms with Crippen LogP contribution in [0.25, 0.3) is 5.69 Å². The van der Waals surface area contributed by atoms with Crippen molar-refractivity contribution in [1.29, 1.82) is 0 Å². The molecular weight excluding hydrogens is 542 g/mol. The lowest BCUT2D eigenvalue weighted by atomic mass is 9.96. The monoisotopic (exact) mass is 569 g/mol. The van der Waals surface area contributed by atoms with Crippen molar-refractivity contribution in [3.8, 4) is 17.2 Å². The van der Waals surface area contributed by atoms with Gasteiger partial charge in [0.05, 0.1) is 17.4 Å². The molecule has 0 spiro atoms. The lowest BCUT2D eigenvalue weighted by molar-refractivity contribution is -0.141. The molecule has 5 rings (SSSR count). The number of halogens is 4. The van der Waals surface area contributed by atoms with Gasteiger partial charge in [0, 0.05) is 18.2 Å². The van der Waals surface area contributed by atoms with Gasteiger partial charge in [-0.05, 0) is 78.9 Å². The number of aromatic nitrogens is 2. The van der Waals surface area contributed by atoms with Gasteiger partial charge in [-0.2, -0.15) is 18.3 Å². The summed E-state index contributed by atoms with van der Waals surface area (Å²) in [5, 5.41) is 29.8. The molecule has 0 bridgehead atoms. The standard InChI is InChI=1S/C29H27F4N5O3/c30-22-8-6-18(27(35-15-16-4-5-16)21-12-20(39)7-9-25(21)40)11-23(22)36-28(41)24-13-26(29(31,32)33)37-38(24)19-3-1-2-17(10-19)14-34/h1-3,6-13,16,27,35,39-40H,4-5,14-15,34H2,(H,36,41). The Labute approximate surface area is 232 Å². The van der Waals surface area contributed by atoms with Gasteiger partial charge in [-0.3, -0.25) is 4.79 Å². The first-order chi connectivity index (χ1) is 19.5. The quantitative estimate of drug-likeness (QED) is 0.139. The third-order valence-electron chi connectivity index (χ3n) is 6.82. The summed E-state index contributed by atoms with van der Waals surface area (Å²) in [6, 6.07) is 14.1. The molecule has 1 aromatic heterocycles. The van der Waals surface area contributed by atoms with Gasteiger partial charge in [-0.15, -0.1) is 0 Å². The van der Waals surface area contributed by atoms with Crippen molar-refractivity contribution in [3.05, 3.63) is 101 Å². The number of phenols is 2. The predicted molar refractivity (Wildman–Crippen MR) is 143 cm³/mol. The van der Waals surface area contributed by atoms with Crippen molar-refractivity contribution < 1.29 is 32.6 Å². The number of amides is 1. The summed E-state index contributed by atoms with van der Waals surface area (Å²) in [4.78, 5) is 13.3. The largest absolute Gasteiger partial charge is 0.508 e. The number of anilines is 1. The molecule has 1 aliphatic rings. The number of carbonyl (C=O) groups is 1. The van der Waals surface area contributed by atoms with Gasteiger partial charge in [-0.1, -0.05) is 18.2 Å². The number of alkyl halides is 3. The number of benzene rings is 3. The van der Waals surface area contributed by atoms with E-state index in [1.807, 2.05) is 0 Å². The van der Waals surface area contributed by atoms with Crippen LogP contribution in [0.2, 0.25) is 0 Å². The summed E-state index contributed by atoms with van der Waals surface area (Å²) in [5.41, 5.74) is 5.18. The van der Waals surface area contributed by atoms with Crippen LogP contribution in [-0.2, 0) is 12.7 Å². The molecule has 1 amide bonds. The minimum absolute atomic E-state index is 0.0842. The predicted octanol–water partition coefficient (Wildman–Crippen LogP) is 5.24. The van der Waals surface area contributed by atoms with Crippen molar-refractivity contribution in [2.45, 2.75) is 31.6 Å². The molecule has 4 aromatic rings. The van der Waals surface area contributed by atoms with Crippen LogP contribution in [0.15, 0.2) is 66.7 Å². The zero-order chi connectivity index (χ0) is 29.3. The average molecular weight is 570 g/mol. The molecule has 12 heteroatoms. The molecule has 1 saturated carbocycles. The minimum atomic E-state index is -4.83. The van der Waals surface area contributed by atoms with E-state index in [2.05, 4.69) is 15.7 Å². The third-order valence-corrected chi connectivity index (χ3v) is 6.82. The van der Waals surface area contributed by atoms with Crippen molar-refractivity contribution in [1.82, 2.24) is 15.1 Å². The average Bonchev–Trinajstić information content (AvgIpc) is 3.65. The van der Waals surface area contributed by atoms with Crippen molar-refractivity contribution in [2.75, 3.05) is 11.9 Å². The van der Waals surface area contributed by atoms with Crippen molar-refractivity contribution >= 4 is 11.6 Å². The second-order valence-corrected chi connectivity index (χ2v) is 9.92. The summed E-state index contributed by atoms with van der Waals surface area (Å²) in [7, 11) is 0. The van der Waals surface area contributed by atoms with Crippen LogP contribution in [0.1, 0.15) is 51.8 Å². The molecule has 0 aliphatic heterocycles. The highest BCUT2D eigenvalue weighted by atomic mass is 19.4. The number of nitrogens with zero attached hydrogens (tertiary/aromatic N) is 2. The number of nitrogens with one attached hydrogen (secondary N) is 2. The number of hydrogen-bond donors (Lipinski definition) is 5. The first-order valence-corrected chi connectivity index (χ1v) is 12.9. The summed E-state index contributed by atoms with van der Waals surface area (Å²) < 4.78 is 56.5. The van der Waals surface area contributed by atoms with Crippen LogP contribution in [0.5, 0.6) is 11.5 Å². The fraction of sp³-hybridized carbons (Fsp3) is 0.241. The summed E-state index contributed by atoms with van der Waals surface area (Å²) in [6.07, 6.45) is -2.75. The molecule has 0 radical (unpaired) electrons. The van der Waals surface area contributed by atoms with Crippen molar-refractivity contribution in [3.63, 3.8) is 0 Å². The highest BCUT2D eigenvalue weighted by Gasteiger charge is 2.36. The zero-order valence-corrected chi connectivity index (χ0v) is 21.6. The Morgan fingerprint density at radius 2 is 1.85 bits per heavy atom. The van der Waals surface area contributed by atoms with Gasteiger partial charge in [0.1, 0.15) is 23.0 Å². The second kappa shape index (κ2) is 11.2.